The summed E-state index contributed by atoms with van der Waals surface area (Å²) in [4.78, 5) is 12.4. The van der Waals surface area contributed by atoms with E-state index in [-0.39, 0.29) is 12.5 Å². The van der Waals surface area contributed by atoms with Gasteiger partial charge in [-0.25, -0.2) is 0 Å². The predicted molar refractivity (Wildman–Crippen MR) is 290 cm³/mol. The number of carbonyl (C=O) groups is 1. The summed E-state index contributed by atoms with van der Waals surface area (Å²) in [7, 11) is 0. The highest BCUT2D eigenvalue weighted by Gasteiger charge is 2.18. The molecule has 0 spiro atoms. The molecule has 0 aromatic heterocycles. The maximum atomic E-state index is 12.4. The number of nitrogens with one attached hydrogen (secondary N) is 1. The third-order valence-electron chi connectivity index (χ3n) is 13.6. The summed E-state index contributed by atoms with van der Waals surface area (Å²) in [5.74, 6) is -0.0602. The molecule has 0 radical (unpaired) electrons. The van der Waals surface area contributed by atoms with Gasteiger partial charge in [-0.15, -0.1) is 0 Å². The molecule has 0 aromatic rings. The number of carbonyl (C=O) groups excluding carboxylic acids is 1. The predicted octanol–water partition coefficient (Wildman–Crippen LogP) is 19.4. The van der Waals surface area contributed by atoms with E-state index in [1.54, 1.807) is 6.08 Å². The van der Waals surface area contributed by atoms with Gasteiger partial charge in [-0.2, -0.15) is 0 Å². The van der Waals surface area contributed by atoms with Gasteiger partial charge in [-0.1, -0.05) is 300 Å². The van der Waals surface area contributed by atoms with Crippen molar-refractivity contribution in [3.8, 4) is 0 Å². The molecule has 0 saturated carbocycles. The molecular formula is C61H115NO3. The maximum absolute atomic E-state index is 12.4. The van der Waals surface area contributed by atoms with Gasteiger partial charge in [-0.05, 0) is 57.8 Å². The van der Waals surface area contributed by atoms with Gasteiger partial charge >= 0.3 is 0 Å². The lowest BCUT2D eigenvalue weighted by Gasteiger charge is -2.20. The SMILES string of the molecule is CCCCCCC/C=C\C/C=C\C/C=C\CCCCCCCCCCCCCCCCCCCCCCCCCCCCC(=O)NC(CO)C(O)/C=C/CCCCCCCCCCCC. The molecule has 382 valence electrons. The number of hydrogen-bond acceptors (Lipinski definition) is 3. The van der Waals surface area contributed by atoms with E-state index in [4.69, 9.17) is 0 Å². The lowest BCUT2D eigenvalue weighted by molar-refractivity contribution is -0.123. The highest BCUT2D eigenvalue weighted by molar-refractivity contribution is 5.76. The van der Waals surface area contributed by atoms with Gasteiger partial charge < -0.3 is 15.5 Å². The van der Waals surface area contributed by atoms with Crippen molar-refractivity contribution in [3.05, 3.63) is 48.6 Å². The molecule has 0 rings (SSSR count). The molecule has 2 unspecified atom stereocenters. The van der Waals surface area contributed by atoms with Gasteiger partial charge in [0.25, 0.3) is 0 Å². The van der Waals surface area contributed by atoms with Crippen LogP contribution in [0.3, 0.4) is 0 Å². The Morgan fingerprint density at radius 2 is 0.631 bits per heavy atom. The molecule has 0 heterocycles. The monoisotopic (exact) mass is 910 g/mol. The molecule has 4 heteroatoms. The first-order valence-corrected chi connectivity index (χ1v) is 29.4. The number of hydrogen-bond donors (Lipinski definition) is 3. The standard InChI is InChI=1S/C61H115NO3/c1-3-5-7-9-11-13-15-17-18-19-20-21-22-23-24-25-26-27-28-29-30-31-32-33-34-35-36-37-38-39-40-41-42-43-44-45-47-49-51-53-55-57-61(65)62-59(58-63)60(64)56-54-52-50-48-46-16-14-12-10-8-6-4-2/h15,17,19-20,22-23,54,56,59-60,63-64H,3-14,16,18,21,24-53,55,57-58H2,1-2H3,(H,62,65)/b17-15-,20-19-,23-22-,56-54+. The van der Waals surface area contributed by atoms with E-state index in [1.807, 2.05) is 6.08 Å². The van der Waals surface area contributed by atoms with E-state index in [9.17, 15) is 15.0 Å². The lowest BCUT2D eigenvalue weighted by Crippen LogP contribution is -2.45. The summed E-state index contributed by atoms with van der Waals surface area (Å²) in [5, 5.41) is 23.1. The second-order valence-electron chi connectivity index (χ2n) is 20.1. The van der Waals surface area contributed by atoms with Gasteiger partial charge in [0.1, 0.15) is 0 Å². The Morgan fingerprint density at radius 1 is 0.369 bits per heavy atom. The number of rotatable bonds is 54. The quantitative estimate of drug-likeness (QED) is 0.0421. The fourth-order valence-electron chi connectivity index (χ4n) is 9.07. The van der Waals surface area contributed by atoms with Crippen molar-refractivity contribution in [2.24, 2.45) is 0 Å². The van der Waals surface area contributed by atoms with Crippen LogP contribution in [-0.2, 0) is 4.79 Å². The van der Waals surface area contributed by atoms with E-state index in [1.165, 1.54) is 257 Å². The van der Waals surface area contributed by atoms with Crippen LogP contribution >= 0.6 is 0 Å². The molecule has 1 amide bonds. The van der Waals surface area contributed by atoms with Crippen LogP contribution in [0.5, 0.6) is 0 Å². The van der Waals surface area contributed by atoms with Crippen LogP contribution in [0.15, 0.2) is 48.6 Å². The zero-order valence-corrected chi connectivity index (χ0v) is 44.0. The van der Waals surface area contributed by atoms with Crippen molar-refractivity contribution in [2.75, 3.05) is 6.61 Å². The van der Waals surface area contributed by atoms with Crippen LogP contribution in [0.2, 0.25) is 0 Å². The van der Waals surface area contributed by atoms with Gasteiger partial charge in [0.15, 0.2) is 0 Å². The maximum Gasteiger partial charge on any atom is 0.220 e. The number of aliphatic hydroxyl groups is 2. The average molecular weight is 911 g/mol. The lowest BCUT2D eigenvalue weighted by atomic mass is 10.0. The Hall–Kier alpha value is -1.65. The van der Waals surface area contributed by atoms with E-state index < -0.39 is 12.1 Å². The average Bonchev–Trinajstić information content (AvgIpc) is 3.31. The third kappa shape index (κ3) is 53.2. The van der Waals surface area contributed by atoms with Gasteiger partial charge in [0.2, 0.25) is 5.91 Å². The molecule has 0 saturated heterocycles. The van der Waals surface area contributed by atoms with Gasteiger partial charge in [0, 0.05) is 6.42 Å². The Balaban J connectivity index is 3.37. The van der Waals surface area contributed by atoms with Crippen LogP contribution < -0.4 is 5.32 Å². The Morgan fingerprint density at radius 3 is 0.938 bits per heavy atom. The van der Waals surface area contributed by atoms with E-state index >= 15 is 0 Å². The van der Waals surface area contributed by atoms with Crippen LogP contribution in [0.25, 0.3) is 0 Å². The molecule has 0 bridgehead atoms. The zero-order chi connectivity index (χ0) is 47.0. The van der Waals surface area contributed by atoms with E-state index in [0.717, 1.165) is 38.5 Å². The molecule has 65 heavy (non-hydrogen) atoms. The van der Waals surface area contributed by atoms with Crippen LogP contribution in [-0.4, -0.2) is 34.9 Å². The Bertz CT molecular complexity index is 1030. The molecule has 0 aliphatic carbocycles. The van der Waals surface area contributed by atoms with Crippen LogP contribution in [0.1, 0.15) is 316 Å². The first-order chi connectivity index (χ1) is 32.2. The molecule has 0 fully saturated rings. The first kappa shape index (κ1) is 63.4. The van der Waals surface area contributed by atoms with Crippen molar-refractivity contribution in [2.45, 2.75) is 328 Å². The molecule has 4 nitrogen and oxygen atoms in total. The molecule has 2 atom stereocenters. The van der Waals surface area contributed by atoms with E-state index in [2.05, 4.69) is 55.6 Å². The zero-order valence-electron chi connectivity index (χ0n) is 44.0. The summed E-state index contributed by atoms with van der Waals surface area (Å²) in [6, 6.07) is -0.619. The number of amides is 1. The second kappa shape index (κ2) is 56.7. The highest BCUT2D eigenvalue weighted by Crippen LogP contribution is 2.17. The summed E-state index contributed by atoms with van der Waals surface area (Å²) < 4.78 is 0. The number of unbranched alkanes of at least 4 members (excludes halogenated alkanes) is 41. The van der Waals surface area contributed by atoms with Gasteiger partial charge in [-0.3, -0.25) is 4.79 Å². The van der Waals surface area contributed by atoms with Crippen molar-refractivity contribution in [1.29, 1.82) is 0 Å². The molecule has 0 aliphatic rings. The largest absolute Gasteiger partial charge is 0.394 e. The van der Waals surface area contributed by atoms with Crippen molar-refractivity contribution in [3.63, 3.8) is 0 Å². The normalized spacial score (nSPS) is 13.1. The summed E-state index contributed by atoms with van der Waals surface area (Å²) >= 11 is 0. The number of aliphatic hydroxyl groups excluding tert-OH is 2. The van der Waals surface area contributed by atoms with E-state index in [0.29, 0.717) is 6.42 Å². The minimum atomic E-state index is -0.836. The third-order valence-corrected chi connectivity index (χ3v) is 13.6. The summed E-state index contributed by atoms with van der Waals surface area (Å²) in [5.41, 5.74) is 0. The molecular weight excluding hydrogens is 795 g/mol. The van der Waals surface area contributed by atoms with Gasteiger partial charge in [0.05, 0.1) is 18.8 Å². The minimum Gasteiger partial charge on any atom is -0.394 e. The van der Waals surface area contributed by atoms with Crippen molar-refractivity contribution < 1.29 is 15.0 Å². The molecule has 0 aliphatic heterocycles. The Labute approximate surface area is 407 Å². The molecule has 0 aromatic carbocycles. The topological polar surface area (TPSA) is 69.6 Å². The number of allylic oxidation sites excluding steroid dienone is 7. The fourth-order valence-corrected chi connectivity index (χ4v) is 9.07. The summed E-state index contributed by atoms with van der Waals surface area (Å²) in [6.07, 6.45) is 78.7. The van der Waals surface area contributed by atoms with Crippen molar-refractivity contribution >= 4 is 5.91 Å². The second-order valence-corrected chi connectivity index (χ2v) is 20.1. The fraction of sp³-hybridized carbons (Fsp3) is 0.852. The smallest absolute Gasteiger partial charge is 0.220 e. The molecule has 3 N–H and O–H groups in total. The minimum absolute atomic E-state index is 0.0602. The Kier molecular flexibility index (Phi) is 55.2. The summed E-state index contributed by atoms with van der Waals surface area (Å²) in [6.45, 7) is 4.30. The first-order valence-electron chi connectivity index (χ1n) is 29.4. The van der Waals surface area contributed by atoms with Crippen molar-refractivity contribution in [1.82, 2.24) is 5.32 Å². The van der Waals surface area contributed by atoms with Crippen LogP contribution in [0, 0.1) is 0 Å². The van der Waals surface area contributed by atoms with Crippen LogP contribution in [0.4, 0.5) is 0 Å². The highest BCUT2D eigenvalue weighted by atomic mass is 16.3.